The molecule has 196 valence electrons. The number of amides is 1. The summed E-state index contributed by atoms with van der Waals surface area (Å²) >= 11 is 3.42. The molecule has 0 saturated heterocycles. The van der Waals surface area contributed by atoms with Crippen molar-refractivity contribution in [2.45, 2.75) is 71.1 Å². The summed E-state index contributed by atoms with van der Waals surface area (Å²) < 4.78 is 16.8. The number of benzene rings is 2. The summed E-state index contributed by atoms with van der Waals surface area (Å²) in [5, 5.41) is 4.06. The van der Waals surface area contributed by atoms with Crippen LogP contribution in [-0.4, -0.2) is 32.3 Å². The fraction of sp³-hybridized carbons (Fsp3) is 0.464. The first kappa shape index (κ1) is 29.4. The predicted octanol–water partition coefficient (Wildman–Crippen LogP) is 7.06. The van der Waals surface area contributed by atoms with Crippen LogP contribution in [-0.2, 0) is 4.79 Å². The average molecular weight is 562 g/mol. The molecule has 0 heterocycles. The maximum Gasteiger partial charge on any atom is 0.343 e. The molecule has 0 atom stereocenters. The van der Waals surface area contributed by atoms with Crippen molar-refractivity contribution in [2.24, 2.45) is 5.10 Å². The van der Waals surface area contributed by atoms with Gasteiger partial charge in [-0.1, -0.05) is 74.2 Å². The third-order valence-corrected chi connectivity index (χ3v) is 6.19. The maximum absolute atomic E-state index is 12.7. The second-order valence-electron chi connectivity index (χ2n) is 8.51. The van der Waals surface area contributed by atoms with Crippen LogP contribution in [0.3, 0.4) is 0 Å². The van der Waals surface area contributed by atoms with Crippen LogP contribution in [0.5, 0.6) is 17.2 Å². The Bertz CT molecular complexity index is 1010. The Labute approximate surface area is 222 Å². The lowest BCUT2D eigenvalue weighted by Gasteiger charge is -2.11. The second-order valence-corrected chi connectivity index (χ2v) is 9.43. The summed E-state index contributed by atoms with van der Waals surface area (Å²) in [4.78, 5) is 24.8. The molecule has 0 radical (unpaired) electrons. The van der Waals surface area contributed by atoms with E-state index in [-0.39, 0.29) is 5.91 Å². The van der Waals surface area contributed by atoms with Gasteiger partial charge in [0.25, 0.3) is 0 Å². The van der Waals surface area contributed by atoms with Gasteiger partial charge >= 0.3 is 5.97 Å². The van der Waals surface area contributed by atoms with Gasteiger partial charge in [0.05, 0.1) is 26.0 Å². The normalized spacial score (nSPS) is 10.9. The highest BCUT2D eigenvalue weighted by atomic mass is 79.9. The molecule has 0 fully saturated rings. The number of carbonyl (C=O) groups excluding carboxylic acids is 2. The number of esters is 1. The fourth-order valence-corrected chi connectivity index (χ4v) is 4.04. The third kappa shape index (κ3) is 10.4. The van der Waals surface area contributed by atoms with Crippen LogP contribution in [0.1, 0.15) is 87.1 Å². The summed E-state index contributed by atoms with van der Waals surface area (Å²) in [6, 6.07) is 9.98. The number of hydrogen-bond donors (Lipinski definition) is 1. The summed E-state index contributed by atoms with van der Waals surface area (Å²) in [6.07, 6.45) is 12.7. The van der Waals surface area contributed by atoms with Crippen molar-refractivity contribution in [3.05, 3.63) is 52.0 Å². The molecule has 8 heteroatoms. The zero-order valence-corrected chi connectivity index (χ0v) is 23.1. The number of ether oxygens (including phenoxy) is 3. The van der Waals surface area contributed by atoms with Gasteiger partial charge in [-0.15, -0.1) is 0 Å². The van der Waals surface area contributed by atoms with Gasteiger partial charge in [0.15, 0.2) is 11.5 Å². The molecule has 7 nitrogen and oxygen atoms in total. The third-order valence-electron chi connectivity index (χ3n) is 5.69. The molecule has 0 aliphatic carbocycles. The Morgan fingerprint density at radius 2 is 1.50 bits per heavy atom. The number of nitrogens with one attached hydrogen (secondary N) is 1. The zero-order chi connectivity index (χ0) is 26.2. The van der Waals surface area contributed by atoms with Crippen molar-refractivity contribution in [3.8, 4) is 17.2 Å². The first-order chi connectivity index (χ1) is 17.5. The Morgan fingerprint density at radius 3 is 2.17 bits per heavy atom. The van der Waals surface area contributed by atoms with E-state index in [9.17, 15) is 9.59 Å². The Morgan fingerprint density at radius 1 is 0.861 bits per heavy atom. The van der Waals surface area contributed by atoms with E-state index in [0.29, 0.717) is 34.8 Å². The van der Waals surface area contributed by atoms with Crippen molar-refractivity contribution in [1.82, 2.24) is 5.43 Å². The van der Waals surface area contributed by atoms with Gasteiger partial charge in [-0.05, 0) is 42.8 Å². The van der Waals surface area contributed by atoms with Gasteiger partial charge in [0.1, 0.15) is 5.75 Å². The molecule has 2 aromatic carbocycles. The molecule has 0 aromatic heterocycles. The highest BCUT2D eigenvalue weighted by Gasteiger charge is 2.15. The number of hydrazone groups is 1. The van der Waals surface area contributed by atoms with Gasteiger partial charge in [-0.25, -0.2) is 10.2 Å². The fourth-order valence-electron chi connectivity index (χ4n) is 3.66. The highest BCUT2D eigenvalue weighted by molar-refractivity contribution is 9.10. The second kappa shape index (κ2) is 16.7. The average Bonchev–Trinajstić information content (AvgIpc) is 2.88. The number of halogens is 1. The molecule has 0 bridgehead atoms. The van der Waals surface area contributed by atoms with E-state index >= 15 is 0 Å². The summed E-state index contributed by atoms with van der Waals surface area (Å²) in [6.45, 7) is 2.23. The monoisotopic (exact) mass is 560 g/mol. The molecule has 0 spiro atoms. The smallest absolute Gasteiger partial charge is 0.343 e. The minimum Gasteiger partial charge on any atom is -0.493 e. The summed E-state index contributed by atoms with van der Waals surface area (Å²) in [7, 11) is 3.03. The van der Waals surface area contributed by atoms with Crippen molar-refractivity contribution >= 4 is 34.0 Å². The van der Waals surface area contributed by atoms with Crippen LogP contribution in [0.2, 0.25) is 0 Å². The van der Waals surface area contributed by atoms with Crippen LogP contribution >= 0.6 is 15.9 Å². The van der Waals surface area contributed by atoms with Gasteiger partial charge in [-0.2, -0.15) is 5.10 Å². The number of methoxy groups -OCH3 is 2. The highest BCUT2D eigenvalue weighted by Crippen LogP contribution is 2.29. The van der Waals surface area contributed by atoms with Gasteiger partial charge in [-0.3, -0.25) is 4.79 Å². The number of rotatable bonds is 16. The Kier molecular flexibility index (Phi) is 13.7. The molecule has 0 saturated carbocycles. The van der Waals surface area contributed by atoms with Crippen molar-refractivity contribution < 1.29 is 23.8 Å². The molecular weight excluding hydrogens is 524 g/mol. The molecule has 2 rings (SSSR count). The van der Waals surface area contributed by atoms with Crippen LogP contribution < -0.4 is 19.6 Å². The van der Waals surface area contributed by atoms with E-state index in [4.69, 9.17) is 14.2 Å². The molecule has 0 aliphatic rings. The number of carbonyl (C=O) groups is 2. The van der Waals surface area contributed by atoms with E-state index in [2.05, 4.69) is 33.4 Å². The van der Waals surface area contributed by atoms with Crippen molar-refractivity contribution in [1.29, 1.82) is 0 Å². The number of hydrogen-bond acceptors (Lipinski definition) is 6. The van der Waals surface area contributed by atoms with Gasteiger partial charge in [0.2, 0.25) is 5.91 Å². The van der Waals surface area contributed by atoms with Crippen LogP contribution in [0.4, 0.5) is 0 Å². The zero-order valence-electron chi connectivity index (χ0n) is 21.5. The van der Waals surface area contributed by atoms with Crippen molar-refractivity contribution in [2.75, 3.05) is 14.2 Å². The lowest BCUT2D eigenvalue weighted by Crippen LogP contribution is -2.17. The van der Waals surface area contributed by atoms with E-state index < -0.39 is 5.97 Å². The lowest BCUT2D eigenvalue weighted by atomic mass is 10.1. The van der Waals surface area contributed by atoms with Crippen molar-refractivity contribution in [3.63, 3.8) is 0 Å². The summed E-state index contributed by atoms with van der Waals surface area (Å²) in [5.41, 5.74) is 3.42. The van der Waals surface area contributed by atoms with Gasteiger partial charge < -0.3 is 14.2 Å². The van der Waals surface area contributed by atoms with E-state index in [1.807, 2.05) is 0 Å². The minimum absolute atomic E-state index is 0.131. The maximum atomic E-state index is 12.7. The van der Waals surface area contributed by atoms with Crippen LogP contribution in [0.15, 0.2) is 46.0 Å². The molecule has 36 heavy (non-hydrogen) atoms. The minimum atomic E-state index is -0.553. The molecular formula is C28H37BrN2O5. The van der Waals surface area contributed by atoms with Crippen LogP contribution in [0, 0.1) is 0 Å². The Hall–Kier alpha value is -2.87. The quantitative estimate of drug-likeness (QED) is 0.0780. The van der Waals surface area contributed by atoms with E-state index in [0.717, 1.165) is 23.7 Å². The molecule has 0 unspecified atom stereocenters. The first-order valence-corrected chi connectivity index (χ1v) is 13.3. The molecule has 1 N–H and O–H groups in total. The Balaban J connectivity index is 1.85. The predicted molar refractivity (Wildman–Crippen MR) is 146 cm³/mol. The number of unbranched alkanes of at least 4 members (excludes halogenated alkanes) is 8. The molecule has 1 amide bonds. The van der Waals surface area contributed by atoms with Crippen LogP contribution in [0.25, 0.3) is 0 Å². The standard InChI is InChI=1S/C28H37BrN2O5/c1-4-5-6-7-8-9-10-11-12-13-27(32)31-30-20-22-18-23(29)15-17-24(22)36-28(33)21-14-16-25(34-2)26(19-21)35-3/h14-20H,4-13H2,1-3H3,(H,31,32)/b30-20-. The SMILES string of the molecule is CCCCCCCCCCCC(=O)N/N=C\c1cc(Br)ccc1OC(=O)c1ccc(OC)c(OC)c1. The van der Waals surface area contributed by atoms with E-state index in [1.165, 1.54) is 59.0 Å². The topological polar surface area (TPSA) is 86.2 Å². The lowest BCUT2D eigenvalue weighted by molar-refractivity contribution is -0.121. The molecule has 2 aromatic rings. The first-order valence-electron chi connectivity index (χ1n) is 12.5. The van der Waals surface area contributed by atoms with E-state index in [1.54, 1.807) is 36.4 Å². The largest absolute Gasteiger partial charge is 0.493 e. The number of nitrogens with zero attached hydrogens (tertiary/aromatic N) is 1. The van der Waals surface area contributed by atoms with Gasteiger partial charge in [0, 0.05) is 16.5 Å². The summed E-state index contributed by atoms with van der Waals surface area (Å²) in [5.74, 6) is 0.577. The molecule has 0 aliphatic heterocycles.